The number of rotatable bonds is 8. The van der Waals surface area contributed by atoms with E-state index in [2.05, 4.69) is 10.6 Å². The quantitative estimate of drug-likeness (QED) is 0.604. The summed E-state index contributed by atoms with van der Waals surface area (Å²) in [7, 11) is 0. The number of hydrogen-bond donors (Lipinski definition) is 2. The molecule has 0 aromatic heterocycles. The van der Waals surface area contributed by atoms with Crippen LogP contribution in [0.2, 0.25) is 0 Å². The molecule has 0 heterocycles. The van der Waals surface area contributed by atoms with E-state index >= 15 is 0 Å². The highest BCUT2D eigenvalue weighted by atomic mass is 16.5. The van der Waals surface area contributed by atoms with Crippen LogP contribution in [0.5, 0.6) is 0 Å². The van der Waals surface area contributed by atoms with Gasteiger partial charge in [0.1, 0.15) is 0 Å². The van der Waals surface area contributed by atoms with Gasteiger partial charge in [-0.2, -0.15) is 0 Å². The van der Waals surface area contributed by atoms with Gasteiger partial charge in [0.2, 0.25) is 5.91 Å². The number of esters is 1. The first kappa shape index (κ1) is 22.5. The van der Waals surface area contributed by atoms with Crippen molar-refractivity contribution in [1.82, 2.24) is 10.6 Å². The predicted octanol–water partition coefficient (Wildman–Crippen LogP) is 2.32. The van der Waals surface area contributed by atoms with E-state index in [0.717, 1.165) is 37.7 Å². The molecule has 172 valence electrons. The van der Waals surface area contributed by atoms with E-state index in [9.17, 15) is 19.2 Å². The first-order chi connectivity index (χ1) is 15.2. The third-order valence-corrected chi connectivity index (χ3v) is 7.38. The topological polar surface area (TPSA) is 102 Å². The molecule has 7 nitrogen and oxygen atoms in total. The van der Waals surface area contributed by atoms with Gasteiger partial charge in [0, 0.05) is 12.5 Å². The van der Waals surface area contributed by atoms with Gasteiger partial charge < -0.3 is 15.4 Å². The second-order valence-corrected chi connectivity index (χ2v) is 10.2. The smallest absolute Gasteiger partial charge is 0.312 e. The van der Waals surface area contributed by atoms with Crippen LogP contribution in [0.3, 0.4) is 0 Å². The van der Waals surface area contributed by atoms with E-state index in [0.29, 0.717) is 24.7 Å². The fraction of sp³-hybridized carbons (Fsp3) is 0.600. The van der Waals surface area contributed by atoms with Gasteiger partial charge in [0.15, 0.2) is 12.4 Å². The number of amides is 2. The maximum absolute atomic E-state index is 13.2. The van der Waals surface area contributed by atoms with Gasteiger partial charge in [-0.1, -0.05) is 30.3 Å². The average Bonchev–Trinajstić information content (AvgIpc) is 2.70. The van der Waals surface area contributed by atoms with Gasteiger partial charge in [0.25, 0.3) is 5.91 Å². The molecule has 0 spiro atoms. The first-order valence-corrected chi connectivity index (χ1v) is 11.5. The summed E-state index contributed by atoms with van der Waals surface area (Å²) in [4.78, 5) is 49.5. The summed E-state index contributed by atoms with van der Waals surface area (Å²) in [5.41, 5.74) is -0.00879. The molecular weight excluding hydrogens is 408 g/mol. The van der Waals surface area contributed by atoms with Gasteiger partial charge in [0.05, 0.1) is 11.5 Å². The minimum absolute atomic E-state index is 0.0662. The van der Waals surface area contributed by atoms with Gasteiger partial charge in [-0.3, -0.25) is 19.2 Å². The van der Waals surface area contributed by atoms with Crippen molar-refractivity contribution in [2.24, 2.45) is 17.3 Å². The molecule has 0 radical (unpaired) electrons. The third kappa shape index (κ3) is 4.71. The van der Waals surface area contributed by atoms with Crippen LogP contribution in [-0.4, -0.2) is 41.8 Å². The number of ether oxygens (including phenoxy) is 1. The number of nitrogens with one attached hydrogen (secondary N) is 2. The molecule has 0 unspecified atom stereocenters. The molecule has 1 aromatic rings. The molecule has 4 saturated carbocycles. The molecule has 4 bridgehead atoms. The molecule has 0 saturated heterocycles. The van der Waals surface area contributed by atoms with Gasteiger partial charge >= 0.3 is 5.97 Å². The number of benzene rings is 1. The summed E-state index contributed by atoms with van der Waals surface area (Å²) >= 11 is 0. The second-order valence-electron chi connectivity index (χ2n) is 10.2. The van der Waals surface area contributed by atoms with Crippen LogP contribution < -0.4 is 10.6 Å². The lowest BCUT2D eigenvalue weighted by atomic mass is 9.47. The molecule has 4 aliphatic rings. The standard InChI is InChI=1S/C25H32N2O5/c1-16(28)21(9-18-6-4-3-5-7-18)26-22(30)14-32-23(31)24-10-19-8-20(11-24)13-25(12-19,15-24)27-17(2)29/h3-7,19-21H,8-15H2,1-2H3,(H,26,30)(H,27,29)/t19-,20-,21+,24?,25?/m1/s1. The van der Waals surface area contributed by atoms with Crippen molar-refractivity contribution in [3.8, 4) is 0 Å². The lowest BCUT2D eigenvalue weighted by Gasteiger charge is -2.60. The highest BCUT2D eigenvalue weighted by Gasteiger charge is 2.61. The number of hydrogen-bond acceptors (Lipinski definition) is 5. The molecule has 32 heavy (non-hydrogen) atoms. The molecule has 0 aliphatic heterocycles. The van der Waals surface area contributed by atoms with Crippen LogP contribution in [0.1, 0.15) is 57.9 Å². The minimum Gasteiger partial charge on any atom is -0.455 e. The molecule has 4 aliphatic carbocycles. The van der Waals surface area contributed by atoms with Crippen LogP contribution in [0.15, 0.2) is 30.3 Å². The third-order valence-electron chi connectivity index (χ3n) is 7.38. The van der Waals surface area contributed by atoms with Crippen LogP contribution in [0, 0.1) is 17.3 Å². The van der Waals surface area contributed by atoms with Crippen LogP contribution >= 0.6 is 0 Å². The number of carbonyl (C=O) groups is 4. The van der Waals surface area contributed by atoms with E-state index in [1.165, 1.54) is 13.8 Å². The van der Waals surface area contributed by atoms with Gasteiger partial charge in [-0.05, 0) is 69.3 Å². The summed E-state index contributed by atoms with van der Waals surface area (Å²) < 4.78 is 5.49. The summed E-state index contributed by atoms with van der Waals surface area (Å²) in [6, 6.07) is 8.81. The van der Waals surface area contributed by atoms with Crippen molar-refractivity contribution in [3.05, 3.63) is 35.9 Å². The zero-order valence-electron chi connectivity index (χ0n) is 18.8. The fourth-order valence-corrected chi connectivity index (χ4v) is 6.69. The Morgan fingerprint density at radius 2 is 1.69 bits per heavy atom. The zero-order valence-corrected chi connectivity index (χ0v) is 18.8. The highest BCUT2D eigenvalue weighted by Crippen LogP contribution is 2.62. The number of carbonyl (C=O) groups excluding carboxylic acids is 4. The molecule has 2 amide bonds. The summed E-state index contributed by atoms with van der Waals surface area (Å²) in [5, 5.41) is 5.84. The zero-order chi connectivity index (χ0) is 22.9. The Bertz CT molecular complexity index is 898. The Balaban J connectivity index is 1.36. The van der Waals surface area contributed by atoms with E-state index in [1.54, 1.807) is 0 Å². The monoisotopic (exact) mass is 440 g/mol. The Hall–Kier alpha value is -2.70. The molecule has 3 atom stereocenters. The lowest BCUT2D eigenvalue weighted by molar-refractivity contribution is -0.177. The normalized spacial score (nSPS) is 30.9. The van der Waals surface area contributed by atoms with Crippen molar-refractivity contribution in [2.75, 3.05) is 6.61 Å². The summed E-state index contributed by atoms with van der Waals surface area (Å²) in [6.45, 7) is 2.56. The highest BCUT2D eigenvalue weighted by molar-refractivity contribution is 5.89. The Kier molecular flexibility index (Phi) is 6.10. The average molecular weight is 441 g/mol. The van der Waals surface area contributed by atoms with Crippen molar-refractivity contribution < 1.29 is 23.9 Å². The Morgan fingerprint density at radius 1 is 1.03 bits per heavy atom. The minimum atomic E-state index is -0.661. The Labute approximate surface area is 188 Å². The molecule has 7 heteroatoms. The fourth-order valence-electron chi connectivity index (χ4n) is 6.69. The SMILES string of the molecule is CC(=O)NC12C[C@@H]3C[C@@H](C1)CC(C(=O)OCC(=O)N[C@@H](Cc1ccccc1)C(C)=O)(C3)C2. The largest absolute Gasteiger partial charge is 0.455 e. The number of Topliss-reactive ketones (excluding diaryl/α,β-unsaturated/α-hetero) is 1. The van der Waals surface area contributed by atoms with E-state index < -0.39 is 24.0 Å². The van der Waals surface area contributed by atoms with E-state index in [1.807, 2.05) is 30.3 Å². The molecule has 5 rings (SSSR count). The van der Waals surface area contributed by atoms with Gasteiger partial charge in [-0.25, -0.2) is 0 Å². The van der Waals surface area contributed by atoms with Crippen molar-refractivity contribution in [2.45, 2.75) is 70.4 Å². The molecule has 4 fully saturated rings. The van der Waals surface area contributed by atoms with Crippen molar-refractivity contribution >= 4 is 23.6 Å². The van der Waals surface area contributed by atoms with Crippen LogP contribution in [0.25, 0.3) is 0 Å². The van der Waals surface area contributed by atoms with Crippen LogP contribution in [0.4, 0.5) is 0 Å². The maximum atomic E-state index is 13.2. The summed E-state index contributed by atoms with van der Waals surface area (Å²) in [5.74, 6) is -0.236. The van der Waals surface area contributed by atoms with E-state index in [-0.39, 0.29) is 23.2 Å². The second kappa shape index (κ2) is 8.68. The molecular formula is C25H32N2O5. The van der Waals surface area contributed by atoms with Crippen molar-refractivity contribution in [1.29, 1.82) is 0 Å². The number of ketones is 1. The summed E-state index contributed by atoms with van der Waals surface area (Å²) in [6.07, 6.45) is 5.41. The predicted molar refractivity (Wildman–Crippen MR) is 117 cm³/mol. The van der Waals surface area contributed by atoms with Crippen LogP contribution in [-0.2, 0) is 30.3 Å². The first-order valence-electron chi connectivity index (χ1n) is 11.5. The Morgan fingerprint density at radius 3 is 2.28 bits per heavy atom. The van der Waals surface area contributed by atoms with E-state index in [4.69, 9.17) is 4.74 Å². The molecule has 2 N–H and O–H groups in total. The molecule has 1 aromatic carbocycles. The maximum Gasteiger partial charge on any atom is 0.312 e. The van der Waals surface area contributed by atoms with Crippen molar-refractivity contribution in [3.63, 3.8) is 0 Å². The lowest BCUT2D eigenvalue weighted by Crippen LogP contribution is -2.64. The van der Waals surface area contributed by atoms with Gasteiger partial charge in [-0.15, -0.1) is 0 Å².